The zero-order valence-electron chi connectivity index (χ0n) is 12.9. The number of ether oxygens (including phenoxy) is 1. The lowest BCUT2D eigenvalue weighted by atomic mass is 9.94. The first-order valence-electron chi connectivity index (χ1n) is 7.34. The molecule has 1 fully saturated rings. The number of benzene rings is 1. The zero-order chi connectivity index (χ0) is 16.6. The van der Waals surface area contributed by atoms with Crippen molar-refractivity contribution in [3.8, 4) is 5.75 Å². The minimum Gasteiger partial charge on any atom is -0.489 e. The Hall–Kier alpha value is -2.50. The van der Waals surface area contributed by atoms with Crippen LogP contribution in [0.3, 0.4) is 0 Å². The molecule has 1 N–H and O–H groups in total. The minimum atomic E-state index is -0.866. The quantitative estimate of drug-likeness (QED) is 0.918. The van der Waals surface area contributed by atoms with E-state index in [1.165, 1.54) is 12.1 Å². The van der Waals surface area contributed by atoms with Gasteiger partial charge in [-0.1, -0.05) is 12.1 Å². The number of aryl methyl sites for hydroxylation is 2. The second kappa shape index (κ2) is 5.61. The molecule has 3 rings (SSSR count). The van der Waals surface area contributed by atoms with Gasteiger partial charge in [-0.15, -0.1) is 0 Å². The van der Waals surface area contributed by atoms with E-state index in [1.54, 1.807) is 25.3 Å². The maximum Gasteiger partial charge on any atom is 0.307 e. The molecule has 23 heavy (non-hydrogen) atoms. The lowest BCUT2D eigenvalue weighted by molar-refractivity contribution is -0.139. The highest BCUT2D eigenvalue weighted by Gasteiger charge is 2.60. The number of hydrogen-bond donors (Lipinski definition) is 1. The Morgan fingerprint density at radius 2 is 2.09 bits per heavy atom. The Balaban J connectivity index is 1.83. The summed E-state index contributed by atoms with van der Waals surface area (Å²) < 4.78 is 18.9. The van der Waals surface area contributed by atoms with Crippen LogP contribution in [0, 0.1) is 25.6 Å². The van der Waals surface area contributed by atoms with Gasteiger partial charge >= 0.3 is 5.97 Å². The summed E-state index contributed by atoms with van der Waals surface area (Å²) in [6.45, 7) is 3.80. The van der Waals surface area contributed by atoms with Crippen LogP contribution < -0.4 is 4.74 Å². The van der Waals surface area contributed by atoms with Crippen molar-refractivity contribution in [1.29, 1.82) is 0 Å². The van der Waals surface area contributed by atoms with Crippen molar-refractivity contribution in [2.45, 2.75) is 25.7 Å². The molecular formula is C17H17FN2O3. The van der Waals surface area contributed by atoms with E-state index in [0.717, 1.165) is 5.56 Å². The molecule has 0 saturated heterocycles. The van der Waals surface area contributed by atoms with Crippen molar-refractivity contribution >= 4 is 5.97 Å². The van der Waals surface area contributed by atoms with Crippen LogP contribution in [0.5, 0.6) is 5.75 Å². The van der Waals surface area contributed by atoms with Crippen LogP contribution in [0.2, 0.25) is 0 Å². The highest BCUT2D eigenvalue weighted by atomic mass is 19.1. The van der Waals surface area contributed by atoms with Crippen molar-refractivity contribution in [3.63, 3.8) is 0 Å². The largest absolute Gasteiger partial charge is 0.489 e. The molecule has 0 aliphatic heterocycles. The van der Waals surface area contributed by atoms with Crippen molar-refractivity contribution in [2.24, 2.45) is 5.92 Å². The highest BCUT2D eigenvalue weighted by molar-refractivity contribution is 5.77. The number of carboxylic acids is 1. The molecule has 6 heteroatoms. The van der Waals surface area contributed by atoms with Gasteiger partial charge in [0.2, 0.25) is 0 Å². The summed E-state index contributed by atoms with van der Waals surface area (Å²) in [7, 11) is 0. The Kier molecular flexibility index (Phi) is 3.75. The fraction of sp³-hybridized carbons (Fsp3) is 0.353. The van der Waals surface area contributed by atoms with E-state index < -0.39 is 17.3 Å². The molecule has 5 nitrogen and oxygen atoms in total. The standard InChI is InChI=1S/C17H17FN2O3/c1-10-15(8-19-11(2)20-10)23-9-17(7-14(17)16(21)22)12-3-5-13(18)6-4-12/h3-6,8,14H,7,9H2,1-2H3,(H,21,22). The molecule has 1 saturated carbocycles. The lowest BCUT2D eigenvalue weighted by Crippen LogP contribution is -2.23. The first-order valence-corrected chi connectivity index (χ1v) is 7.34. The van der Waals surface area contributed by atoms with E-state index in [0.29, 0.717) is 23.7 Å². The first-order chi connectivity index (χ1) is 10.9. The second-order valence-electron chi connectivity index (χ2n) is 5.91. The average molecular weight is 316 g/mol. The van der Waals surface area contributed by atoms with Gasteiger partial charge in [-0.3, -0.25) is 4.79 Å². The first kappa shape index (κ1) is 15.4. The van der Waals surface area contributed by atoms with Gasteiger partial charge in [-0.2, -0.15) is 0 Å². The number of carboxylic acid groups (broad SMARTS) is 1. The van der Waals surface area contributed by atoms with E-state index in [-0.39, 0.29) is 12.4 Å². The molecule has 1 heterocycles. The van der Waals surface area contributed by atoms with Gasteiger partial charge in [0, 0.05) is 5.41 Å². The van der Waals surface area contributed by atoms with Crippen molar-refractivity contribution in [3.05, 3.63) is 53.4 Å². The molecular weight excluding hydrogens is 299 g/mol. The van der Waals surface area contributed by atoms with Gasteiger partial charge in [0.25, 0.3) is 0 Å². The average Bonchev–Trinajstić information content (AvgIpc) is 3.23. The number of hydrogen-bond acceptors (Lipinski definition) is 4. The van der Waals surface area contributed by atoms with E-state index in [2.05, 4.69) is 9.97 Å². The van der Waals surface area contributed by atoms with Gasteiger partial charge in [0.05, 0.1) is 24.4 Å². The summed E-state index contributed by atoms with van der Waals surface area (Å²) in [4.78, 5) is 19.7. The number of carbonyl (C=O) groups is 1. The Morgan fingerprint density at radius 3 is 2.65 bits per heavy atom. The summed E-state index contributed by atoms with van der Waals surface area (Å²) in [5.41, 5.74) is 0.855. The van der Waals surface area contributed by atoms with Crippen LogP contribution in [0.4, 0.5) is 4.39 Å². The zero-order valence-corrected chi connectivity index (χ0v) is 12.9. The predicted octanol–water partition coefficient (Wildman–Crippen LogP) is 2.65. The maximum absolute atomic E-state index is 13.1. The summed E-state index contributed by atoms with van der Waals surface area (Å²) >= 11 is 0. The monoisotopic (exact) mass is 316 g/mol. The predicted molar refractivity (Wildman–Crippen MR) is 80.8 cm³/mol. The molecule has 2 aromatic rings. The van der Waals surface area contributed by atoms with Gasteiger partial charge in [-0.05, 0) is 38.0 Å². The summed E-state index contributed by atoms with van der Waals surface area (Å²) in [5.74, 6) is -0.555. The molecule has 0 bridgehead atoms. The maximum atomic E-state index is 13.1. The number of aliphatic carboxylic acids is 1. The highest BCUT2D eigenvalue weighted by Crippen LogP contribution is 2.54. The SMILES string of the molecule is Cc1ncc(OCC2(c3ccc(F)cc3)CC2C(=O)O)c(C)n1. The molecule has 2 unspecified atom stereocenters. The molecule has 120 valence electrons. The third-order valence-corrected chi connectivity index (χ3v) is 4.33. The number of halogens is 1. The van der Waals surface area contributed by atoms with Crippen LogP contribution in [-0.2, 0) is 10.2 Å². The topological polar surface area (TPSA) is 72.3 Å². The van der Waals surface area contributed by atoms with Gasteiger partial charge in [0.15, 0.2) is 5.75 Å². The Morgan fingerprint density at radius 1 is 1.39 bits per heavy atom. The van der Waals surface area contributed by atoms with E-state index in [4.69, 9.17) is 4.74 Å². The summed E-state index contributed by atoms with van der Waals surface area (Å²) in [5, 5.41) is 9.34. The molecule has 1 aromatic heterocycles. The number of rotatable bonds is 5. The molecule has 0 amide bonds. The Labute approximate surface area is 133 Å². The normalized spacial score (nSPS) is 22.7. The molecule has 0 radical (unpaired) electrons. The summed E-state index contributed by atoms with van der Waals surface area (Å²) in [6, 6.07) is 5.93. The third kappa shape index (κ3) is 2.88. The minimum absolute atomic E-state index is 0.197. The van der Waals surface area contributed by atoms with Gasteiger partial charge < -0.3 is 9.84 Å². The summed E-state index contributed by atoms with van der Waals surface area (Å²) in [6.07, 6.45) is 2.06. The number of nitrogens with zero attached hydrogens (tertiary/aromatic N) is 2. The van der Waals surface area contributed by atoms with Crippen LogP contribution in [0.1, 0.15) is 23.5 Å². The van der Waals surface area contributed by atoms with Crippen LogP contribution in [-0.4, -0.2) is 27.7 Å². The molecule has 1 aromatic carbocycles. The van der Waals surface area contributed by atoms with Crippen molar-refractivity contribution in [1.82, 2.24) is 9.97 Å². The third-order valence-electron chi connectivity index (χ3n) is 4.33. The fourth-order valence-electron chi connectivity index (χ4n) is 2.89. The molecule has 0 spiro atoms. The van der Waals surface area contributed by atoms with Crippen LogP contribution in [0.25, 0.3) is 0 Å². The van der Waals surface area contributed by atoms with Crippen LogP contribution >= 0.6 is 0 Å². The lowest BCUT2D eigenvalue weighted by Gasteiger charge is -2.18. The molecule has 2 atom stereocenters. The van der Waals surface area contributed by atoms with E-state index in [1.807, 2.05) is 6.92 Å². The fourth-order valence-corrected chi connectivity index (χ4v) is 2.89. The van der Waals surface area contributed by atoms with E-state index >= 15 is 0 Å². The van der Waals surface area contributed by atoms with Crippen molar-refractivity contribution < 1.29 is 19.0 Å². The Bertz CT molecular complexity index is 748. The molecule has 1 aliphatic carbocycles. The number of aromatic nitrogens is 2. The van der Waals surface area contributed by atoms with Crippen molar-refractivity contribution in [2.75, 3.05) is 6.61 Å². The smallest absolute Gasteiger partial charge is 0.307 e. The van der Waals surface area contributed by atoms with Gasteiger partial charge in [-0.25, -0.2) is 14.4 Å². The van der Waals surface area contributed by atoms with Crippen LogP contribution in [0.15, 0.2) is 30.5 Å². The van der Waals surface area contributed by atoms with E-state index in [9.17, 15) is 14.3 Å². The molecule has 1 aliphatic rings. The second-order valence-corrected chi connectivity index (χ2v) is 5.91. The van der Waals surface area contributed by atoms with Gasteiger partial charge in [0.1, 0.15) is 11.6 Å².